The third kappa shape index (κ3) is 3.90. The fourth-order valence-corrected chi connectivity index (χ4v) is 4.10. The second-order valence-corrected chi connectivity index (χ2v) is 7.29. The second-order valence-electron chi connectivity index (χ2n) is 7.29. The predicted octanol–water partition coefficient (Wildman–Crippen LogP) is 1.33. The monoisotopic (exact) mass is 358 g/mol. The number of fused-ring (bicyclic) bond motifs is 4. The normalized spacial score (nSPS) is 23.2. The highest BCUT2D eigenvalue weighted by Crippen LogP contribution is 2.29. The smallest absolute Gasteiger partial charge is 0.224 e. The van der Waals surface area contributed by atoms with Gasteiger partial charge in [0, 0.05) is 38.6 Å². The Morgan fingerprint density at radius 3 is 2.77 bits per heavy atom. The van der Waals surface area contributed by atoms with Gasteiger partial charge in [-0.1, -0.05) is 12.1 Å². The van der Waals surface area contributed by atoms with Crippen LogP contribution in [0.25, 0.3) is 0 Å². The number of hydrogen-bond donors (Lipinski definition) is 0. The van der Waals surface area contributed by atoms with Crippen LogP contribution in [-0.4, -0.2) is 61.6 Å². The zero-order valence-electron chi connectivity index (χ0n) is 14.7. The Bertz CT molecular complexity index is 735. The number of tetrazole rings is 1. The zero-order chi connectivity index (χ0) is 17.9. The lowest BCUT2D eigenvalue weighted by Crippen LogP contribution is -2.47. The molecule has 8 heteroatoms. The topological polar surface area (TPSA) is 67.2 Å². The molecule has 4 heterocycles. The van der Waals surface area contributed by atoms with E-state index in [0.717, 1.165) is 38.2 Å². The first-order chi connectivity index (χ1) is 12.7. The molecule has 0 saturated carbocycles. The third-order valence-electron chi connectivity index (χ3n) is 5.38. The molecule has 3 fully saturated rings. The summed E-state index contributed by atoms with van der Waals surface area (Å²) in [6.45, 7) is 4.02. The SMILES string of the molecule is O=C(CCn1cnnn1)N1C[C@@H]2CC[C@H]1CN(Cc1ccc(F)cc1)C2. The number of carbonyl (C=O) groups is 1. The van der Waals surface area contributed by atoms with Gasteiger partial charge in [0.1, 0.15) is 12.1 Å². The number of aryl methyl sites for hydroxylation is 1. The highest BCUT2D eigenvalue weighted by molar-refractivity contribution is 5.76. The van der Waals surface area contributed by atoms with Crippen molar-refractivity contribution in [3.8, 4) is 0 Å². The Kier molecular flexibility index (Phi) is 4.92. The Hall–Kier alpha value is -2.35. The van der Waals surface area contributed by atoms with Crippen LogP contribution in [0.3, 0.4) is 0 Å². The van der Waals surface area contributed by atoms with Gasteiger partial charge in [0.2, 0.25) is 5.91 Å². The summed E-state index contributed by atoms with van der Waals surface area (Å²) in [4.78, 5) is 17.2. The highest BCUT2D eigenvalue weighted by Gasteiger charge is 2.36. The lowest BCUT2D eigenvalue weighted by Gasteiger charge is -2.36. The number of aromatic nitrogens is 4. The van der Waals surface area contributed by atoms with Crippen molar-refractivity contribution in [2.45, 2.75) is 38.4 Å². The van der Waals surface area contributed by atoms with Crippen molar-refractivity contribution in [1.29, 1.82) is 0 Å². The van der Waals surface area contributed by atoms with E-state index in [9.17, 15) is 9.18 Å². The number of carbonyl (C=O) groups excluding carboxylic acids is 1. The summed E-state index contributed by atoms with van der Waals surface area (Å²) < 4.78 is 14.7. The highest BCUT2D eigenvalue weighted by atomic mass is 19.1. The predicted molar refractivity (Wildman–Crippen MR) is 92.3 cm³/mol. The molecule has 0 aliphatic carbocycles. The molecule has 0 radical (unpaired) electrons. The molecule has 2 atom stereocenters. The summed E-state index contributed by atoms with van der Waals surface area (Å²) in [5.41, 5.74) is 1.12. The van der Waals surface area contributed by atoms with E-state index < -0.39 is 0 Å². The molecule has 0 spiro atoms. The van der Waals surface area contributed by atoms with Crippen molar-refractivity contribution >= 4 is 5.91 Å². The minimum atomic E-state index is -0.205. The van der Waals surface area contributed by atoms with Crippen molar-refractivity contribution in [1.82, 2.24) is 30.0 Å². The summed E-state index contributed by atoms with van der Waals surface area (Å²) in [6, 6.07) is 6.97. The van der Waals surface area contributed by atoms with E-state index in [0.29, 0.717) is 18.9 Å². The van der Waals surface area contributed by atoms with Gasteiger partial charge in [-0.2, -0.15) is 0 Å². The lowest BCUT2D eigenvalue weighted by atomic mass is 9.94. The second kappa shape index (κ2) is 7.49. The summed E-state index contributed by atoms with van der Waals surface area (Å²) in [7, 11) is 0. The molecule has 26 heavy (non-hydrogen) atoms. The minimum absolute atomic E-state index is 0.179. The quantitative estimate of drug-likeness (QED) is 0.807. The Balaban J connectivity index is 1.38. The van der Waals surface area contributed by atoms with Crippen LogP contribution in [0.1, 0.15) is 24.8 Å². The Morgan fingerprint density at radius 2 is 2.00 bits per heavy atom. The molecular weight excluding hydrogens is 335 g/mol. The molecule has 138 valence electrons. The van der Waals surface area contributed by atoms with E-state index in [4.69, 9.17) is 0 Å². The number of benzene rings is 1. The Morgan fingerprint density at radius 1 is 1.15 bits per heavy atom. The van der Waals surface area contributed by atoms with E-state index in [2.05, 4.69) is 25.3 Å². The van der Waals surface area contributed by atoms with Gasteiger partial charge in [-0.3, -0.25) is 9.69 Å². The number of amides is 1. The van der Waals surface area contributed by atoms with E-state index in [1.54, 1.807) is 4.68 Å². The van der Waals surface area contributed by atoms with E-state index >= 15 is 0 Å². The molecule has 1 aromatic heterocycles. The minimum Gasteiger partial charge on any atom is -0.338 e. The number of rotatable bonds is 5. The maximum atomic E-state index is 13.1. The maximum absolute atomic E-state index is 13.1. The molecular formula is C18H23FN6O. The van der Waals surface area contributed by atoms with Crippen molar-refractivity contribution in [3.05, 3.63) is 42.0 Å². The van der Waals surface area contributed by atoms with Crippen LogP contribution >= 0.6 is 0 Å². The molecule has 3 aliphatic heterocycles. The average molecular weight is 358 g/mol. The first kappa shape index (κ1) is 17.1. The first-order valence-electron chi connectivity index (χ1n) is 9.14. The number of nitrogens with zero attached hydrogens (tertiary/aromatic N) is 6. The van der Waals surface area contributed by atoms with Gasteiger partial charge in [-0.05, 0) is 46.9 Å². The first-order valence-corrected chi connectivity index (χ1v) is 9.14. The molecule has 1 amide bonds. The maximum Gasteiger partial charge on any atom is 0.224 e. The third-order valence-corrected chi connectivity index (χ3v) is 5.38. The largest absolute Gasteiger partial charge is 0.338 e. The molecule has 2 aromatic rings. The molecule has 0 unspecified atom stereocenters. The van der Waals surface area contributed by atoms with Gasteiger partial charge in [-0.25, -0.2) is 9.07 Å². The van der Waals surface area contributed by atoms with Gasteiger partial charge in [0.05, 0.1) is 6.54 Å². The van der Waals surface area contributed by atoms with Crippen LogP contribution in [0.4, 0.5) is 4.39 Å². The molecule has 5 rings (SSSR count). The Labute approximate surface area is 151 Å². The van der Waals surface area contributed by atoms with Crippen LogP contribution in [0.2, 0.25) is 0 Å². The van der Waals surface area contributed by atoms with Gasteiger partial charge >= 0.3 is 0 Å². The van der Waals surface area contributed by atoms with Crippen molar-refractivity contribution in [2.75, 3.05) is 19.6 Å². The summed E-state index contributed by atoms with van der Waals surface area (Å²) >= 11 is 0. The molecule has 3 saturated heterocycles. The fourth-order valence-electron chi connectivity index (χ4n) is 4.10. The van der Waals surface area contributed by atoms with Crippen molar-refractivity contribution < 1.29 is 9.18 Å². The van der Waals surface area contributed by atoms with Crippen molar-refractivity contribution in [3.63, 3.8) is 0 Å². The number of piperidine rings is 1. The molecule has 2 bridgehead atoms. The summed E-state index contributed by atoms with van der Waals surface area (Å²) in [5, 5.41) is 11.0. The van der Waals surface area contributed by atoms with Crippen molar-refractivity contribution in [2.24, 2.45) is 5.92 Å². The standard InChI is InChI=1S/C18H23FN6O/c19-16-4-1-14(2-5-16)9-23-10-15-3-6-17(12-23)25(11-15)18(26)7-8-24-13-20-21-22-24/h1-2,4-5,13,15,17H,3,6-12H2/t15-,17+/m1/s1. The summed E-state index contributed by atoms with van der Waals surface area (Å²) in [6.07, 6.45) is 4.18. The fraction of sp³-hybridized carbons (Fsp3) is 0.556. The molecule has 0 N–H and O–H groups in total. The van der Waals surface area contributed by atoms with E-state index in [1.807, 2.05) is 12.1 Å². The van der Waals surface area contributed by atoms with Gasteiger partial charge < -0.3 is 4.90 Å². The van der Waals surface area contributed by atoms with Crippen LogP contribution < -0.4 is 0 Å². The lowest BCUT2D eigenvalue weighted by molar-refractivity contribution is -0.135. The van der Waals surface area contributed by atoms with Crippen LogP contribution in [0, 0.1) is 11.7 Å². The van der Waals surface area contributed by atoms with Gasteiger partial charge in [0.15, 0.2) is 0 Å². The van der Waals surface area contributed by atoms with Crippen LogP contribution in [-0.2, 0) is 17.9 Å². The van der Waals surface area contributed by atoms with Crippen LogP contribution in [0.15, 0.2) is 30.6 Å². The van der Waals surface area contributed by atoms with E-state index in [1.165, 1.54) is 24.9 Å². The van der Waals surface area contributed by atoms with Crippen LogP contribution in [0.5, 0.6) is 0 Å². The van der Waals surface area contributed by atoms with Gasteiger partial charge in [-0.15, -0.1) is 5.10 Å². The molecule has 3 aliphatic rings. The van der Waals surface area contributed by atoms with E-state index in [-0.39, 0.29) is 17.8 Å². The molecule has 1 aromatic carbocycles. The zero-order valence-corrected chi connectivity index (χ0v) is 14.7. The average Bonchev–Trinajstić information content (AvgIpc) is 3.02. The molecule has 7 nitrogen and oxygen atoms in total. The number of halogens is 1. The van der Waals surface area contributed by atoms with Gasteiger partial charge in [0.25, 0.3) is 0 Å². The number of hydrogen-bond acceptors (Lipinski definition) is 5. The summed E-state index contributed by atoms with van der Waals surface area (Å²) in [5.74, 6) is 0.481.